The van der Waals surface area contributed by atoms with Gasteiger partial charge in [-0.15, -0.1) is 0 Å². The number of hydrogen-bond donors (Lipinski definition) is 0. The van der Waals surface area contributed by atoms with Crippen LogP contribution in [0.15, 0.2) is 23.3 Å². The largest absolute Gasteiger partial charge is 0.348 e. The van der Waals surface area contributed by atoms with Crippen molar-refractivity contribution in [3.05, 3.63) is 23.3 Å². The van der Waals surface area contributed by atoms with Crippen LogP contribution in [-0.2, 0) is 14.4 Å². The van der Waals surface area contributed by atoms with Gasteiger partial charge < -0.3 is 4.90 Å². The minimum atomic E-state index is -0.467. The summed E-state index contributed by atoms with van der Waals surface area (Å²) in [4.78, 5) is 43.4. The lowest BCUT2D eigenvalue weighted by molar-refractivity contribution is -0.182. The molecule has 0 N–H and O–H groups in total. The van der Waals surface area contributed by atoms with Crippen LogP contribution < -0.4 is 0 Å². The number of carbonyl (C=O) groups is 3. The smallest absolute Gasteiger partial charge is 0.228 e. The topological polar surface area (TPSA) is 78.2 Å². The van der Waals surface area contributed by atoms with Gasteiger partial charge >= 0.3 is 0 Å². The summed E-state index contributed by atoms with van der Waals surface area (Å²) in [7, 11) is 3.73. The Morgan fingerprint density at radius 3 is 2.24 bits per heavy atom. The van der Waals surface area contributed by atoms with E-state index in [0.717, 1.165) is 63.4 Å². The molecule has 4 fully saturated rings. The van der Waals surface area contributed by atoms with Gasteiger partial charge in [0.05, 0.1) is 11.0 Å². The van der Waals surface area contributed by atoms with E-state index in [-0.39, 0.29) is 51.5 Å². The highest BCUT2D eigenvalue weighted by atomic mass is 16.2. The molecular formula is C33H44N2O3. The molecule has 0 aromatic rings. The van der Waals surface area contributed by atoms with Gasteiger partial charge in [-0.3, -0.25) is 14.4 Å². The molecule has 4 saturated carbocycles. The quantitative estimate of drug-likeness (QED) is 0.425. The molecule has 0 radical (unpaired) electrons. The van der Waals surface area contributed by atoms with Crippen molar-refractivity contribution in [1.82, 2.24) is 4.90 Å². The Balaban J connectivity index is 1.52. The van der Waals surface area contributed by atoms with Crippen molar-refractivity contribution in [1.29, 1.82) is 5.26 Å². The number of carbonyl (C=O) groups excluding carboxylic acids is 3. The van der Waals surface area contributed by atoms with Crippen LogP contribution in [0, 0.1) is 61.6 Å². The van der Waals surface area contributed by atoms with Gasteiger partial charge in [-0.2, -0.15) is 5.26 Å². The molecule has 204 valence electrons. The molecule has 5 nitrogen and oxygen atoms in total. The van der Waals surface area contributed by atoms with Gasteiger partial charge in [-0.1, -0.05) is 46.3 Å². The first kappa shape index (κ1) is 26.0. The summed E-state index contributed by atoms with van der Waals surface area (Å²) in [5.41, 5.74) is -0.298. The van der Waals surface area contributed by atoms with Crippen molar-refractivity contribution < 1.29 is 14.4 Å². The third-order valence-electron chi connectivity index (χ3n) is 13.1. The van der Waals surface area contributed by atoms with E-state index < -0.39 is 16.2 Å². The first-order chi connectivity index (χ1) is 17.6. The summed E-state index contributed by atoms with van der Waals surface area (Å²) in [6, 6.07) is 2.22. The normalized spacial score (nSPS) is 45.9. The third-order valence-corrected chi connectivity index (χ3v) is 13.1. The number of allylic oxidation sites excluding steroid dienone is 4. The molecule has 5 heteroatoms. The summed E-state index contributed by atoms with van der Waals surface area (Å²) >= 11 is 0. The maximum absolute atomic E-state index is 14.5. The van der Waals surface area contributed by atoms with Crippen LogP contribution in [0.25, 0.3) is 0 Å². The van der Waals surface area contributed by atoms with Crippen LogP contribution in [0.5, 0.6) is 0 Å². The van der Waals surface area contributed by atoms with Crippen molar-refractivity contribution in [3.63, 3.8) is 0 Å². The number of hydrogen-bond acceptors (Lipinski definition) is 4. The van der Waals surface area contributed by atoms with Crippen LogP contribution in [0.1, 0.15) is 92.4 Å². The van der Waals surface area contributed by atoms with Gasteiger partial charge in [0.1, 0.15) is 6.07 Å². The van der Waals surface area contributed by atoms with Gasteiger partial charge in [-0.05, 0) is 91.9 Å². The number of amides is 1. The lowest BCUT2D eigenvalue weighted by atomic mass is 9.34. The Morgan fingerprint density at radius 2 is 1.63 bits per heavy atom. The molecule has 6 aliphatic rings. The van der Waals surface area contributed by atoms with Crippen LogP contribution in [0.2, 0.25) is 0 Å². The maximum Gasteiger partial charge on any atom is 0.228 e. The van der Waals surface area contributed by atoms with E-state index in [0.29, 0.717) is 5.57 Å². The first-order valence-electron chi connectivity index (χ1n) is 14.8. The molecule has 6 aliphatic carbocycles. The van der Waals surface area contributed by atoms with E-state index in [4.69, 9.17) is 0 Å². The van der Waals surface area contributed by atoms with Gasteiger partial charge in [0.25, 0.3) is 0 Å². The number of rotatable bonds is 1. The zero-order valence-corrected chi connectivity index (χ0v) is 24.4. The second kappa shape index (κ2) is 7.49. The third kappa shape index (κ3) is 2.91. The number of nitriles is 1. The summed E-state index contributed by atoms with van der Waals surface area (Å²) in [6.45, 7) is 11.5. The van der Waals surface area contributed by atoms with Crippen LogP contribution in [-0.4, -0.2) is 36.5 Å². The van der Waals surface area contributed by atoms with E-state index in [9.17, 15) is 19.6 Å². The van der Waals surface area contributed by atoms with Crippen molar-refractivity contribution in [2.24, 2.45) is 50.2 Å². The van der Waals surface area contributed by atoms with E-state index in [2.05, 4.69) is 40.7 Å². The Morgan fingerprint density at radius 1 is 0.974 bits per heavy atom. The van der Waals surface area contributed by atoms with E-state index >= 15 is 0 Å². The Kier molecular flexibility index (Phi) is 5.13. The summed E-state index contributed by atoms with van der Waals surface area (Å²) in [6.07, 6.45) is 11.9. The van der Waals surface area contributed by atoms with Crippen molar-refractivity contribution in [2.75, 3.05) is 14.1 Å². The predicted molar refractivity (Wildman–Crippen MR) is 145 cm³/mol. The molecule has 0 aromatic heterocycles. The minimum absolute atomic E-state index is 0.0282. The molecule has 1 unspecified atom stereocenters. The highest BCUT2D eigenvalue weighted by Crippen LogP contribution is 2.76. The van der Waals surface area contributed by atoms with Gasteiger partial charge in [0.15, 0.2) is 11.6 Å². The van der Waals surface area contributed by atoms with E-state index in [1.54, 1.807) is 4.90 Å². The van der Waals surface area contributed by atoms with E-state index in [1.165, 1.54) is 0 Å². The number of nitrogens with zero attached hydrogens (tertiary/aromatic N) is 2. The molecule has 0 saturated heterocycles. The Hall–Kier alpha value is -2.22. The molecular weight excluding hydrogens is 472 g/mol. The molecule has 0 aromatic carbocycles. The fraction of sp³-hybridized carbons (Fsp3) is 0.758. The van der Waals surface area contributed by atoms with Gasteiger partial charge in [0.2, 0.25) is 5.91 Å². The molecule has 0 heterocycles. The second-order valence-electron chi connectivity index (χ2n) is 15.5. The molecule has 1 amide bonds. The standard InChI is InChI=1S/C33H44N2O3/c1-28(2)10-12-32(27(38)35(6)7)13-11-31(5)25(21(32)18-28)22(36)16-24-29(3)17-20(19-34)26(37)33(14-15-33)23(29)8-9-30(24,31)4/h16-17,21,23,25H,8-15,18H2,1-7H3/t21?,23-,25+,29+,30-,31-,32+/m1/s1. The van der Waals surface area contributed by atoms with Crippen molar-refractivity contribution in [2.45, 2.75) is 92.4 Å². The monoisotopic (exact) mass is 516 g/mol. The molecule has 6 rings (SSSR count). The lowest BCUT2D eigenvalue weighted by Gasteiger charge is -2.68. The average molecular weight is 517 g/mol. The summed E-state index contributed by atoms with van der Waals surface area (Å²) < 4.78 is 0. The van der Waals surface area contributed by atoms with Crippen molar-refractivity contribution >= 4 is 17.5 Å². The minimum Gasteiger partial charge on any atom is -0.348 e. The SMILES string of the molecule is CN(C)C(=O)[C@]12CCC(C)(C)CC1[C@H]1C(=O)C=C3[C@@]4(C)C=C(C#N)C(=O)C5(CC5)[C@@H]4CC[C@@]3(C)[C@]1(C)CC2. The summed E-state index contributed by atoms with van der Waals surface area (Å²) in [5, 5.41) is 9.92. The number of fused-ring (bicyclic) bond motifs is 8. The molecule has 38 heavy (non-hydrogen) atoms. The Bertz CT molecular complexity index is 1260. The molecule has 0 aliphatic heterocycles. The number of ketones is 2. The Labute approximate surface area is 228 Å². The number of Topliss-reactive ketones (excluding diaryl/α,β-unsaturated/α-hetero) is 1. The highest BCUT2D eigenvalue weighted by Gasteiger charge is 2.73. The maximum atomic E-state index is 14.5. The van der Waals surface area contributed by atoms with Crippen molar-refractivity contribution in [3.8, 4) is 6.07 Å². The lowest BCUT2D eigenvalue weighted by Crippen LogP contribution is -2.66. The fourth-order valence-electron chi connectivity index (χ4n) is 10.8. The molecule has 1 spiro atoms. The van der Waals surface area contributed by atoms with Crippen LogP contribution >= 0.6 is 0 Å². The second-order valence-corrected chi connectivity index (χ2v) is 15.5. The first-order valence-corrected chi connectivity index (χ1v) is 14.8. The molecule has 7 atom stereocenters. The fourth-order valence-corrected chi connectivity index (χ4v) is 10.8. The zero-order chi connectivity index (χ0) is 27.7. The summed E-state index contributed by atoms with van der Waals surface area (Å²) in [5.74, 6) is 0.402. The predicted octanol–water partition coefficient (Wildman–Crippen LogP) is 6.05. The average Bonchev–Trinajstić information content (AvgIpc) is 3.63. The zero-order valence-electron chi connectivity index (χ0n) is 24.4. The van der Waals surface area contributed by atoms with E-state index in [1.807, 2.05) is 26.2 Å². The van der Waals surface area contributed by atoms with Crippen LogP contribution in [0.3, 0.4) is 0 Å². The highest BCUT2D eigenvalue weighted by molar-refractivity contribution is 6.06. The van der Waals surface area contributed by atoms with Gasteiger partial charge in [0, 0.05) is 30.8 Å². The molecule has 0 bridgehead atoms. The van der Waals surface area contributed by atoms with Crippen LogP contribution in [0.4, 0.5) is 0 Å². The van der Waals surface area contributed by atoms with Gasteiger partial charge in [-0.25, -0.2) is 0 Å².